The lowest BCUT2D eigenvalue weighted by molar-refractivity contribution is 0.415. The van der Waals surface area contributed by atoms with Crippen LogP contribution in [0.5, 0.6) is 5.75 Å². The first-order valence-electron chi connectivity index (χ1n) is 8.09. The lowest BCUT2D eigenvalue weighted by atomic mass is 10.2. The predicted molar refractivity (Wildman–Crippen MR) is 101 cm³/mol. The Morgan fingerprint density at radius 1 is 1.08 bits per heavy atom. The van der Waals surface area contributed by atoms with Crippen LogP contribution in [0.4, 0.5) is 0 Å². The van der Waals surface area contributed by atoms with Gasteiger partial charge in [0.25, 0.3) is 0 Å². The first kappa shape index (κ1) is 15.9. The van der Waals surface area contributed by atoms with Gasteiger partial charge in [0, 0.05) is 24.1 Å². The van der Waals surface area contributed by atoms with Gasteiger partial charge in [0.05, 0.1) is 18.1 Å². The zero-order chi connectivity index (χ0) is 18.1. The summed E-state index contributed by atoms with van der Waals surface area (Å²) in [6.07, 6.45) is 2.07. The van der Waals surface area contributed by atoms with Crippen molar-refractivity contribution in [1.82, 2.24) is 14.6 Å². The number of benzene rings is 2. The largest absolute Gasteiger partial charge is 0.497 e. The molecule has 26 heavy (non-hydrogen) atoms. The van der Waals surface area contributed by atoms with E-state index >= 15 is 0 Å². The molecular weight excluding hydrogens is 332 g/mol. The molecule has 0 atom stereocenters. The highest BCUT2D eigenvalue weighted by atomic mass is 16.5. The van der Waals surface area contributed by atoms with Crippen LogP contribution in [0.15, 0.2) is 63.2 Å². The molecule has 7 nitrogen and oxygen atoms in total. The molecule has 2 aromatic carbocycles. The zero-order valence-electron chi connectivity index (χ0n) is 14.0. The predicted octanol–water partition coefficient (Wildman–Crippen LogP) is 2.26. The van der Waals surface area contributed by atoms with Crippen molar-refractivity contribution >= 4 is 28.2 Å². The molecule has 0 aliphatic carbocycles. The number of fused-ring (bicyclic) bond motifs is 3. The van der Waals surface area contributed by atoms with Crippen LogP contribution in [0.3, 0.4) is 0 Å². The topological polar surface area (TPSA) is 92.2 Å². The Morgan fingerprint density at radius 2 is 1.88 bits per heavy atom. The van der Waals surface area contributed by atoms with E-state index in [9.17, 15) is 9.59 Å². The smallest absolute Gasteiger partial charge is 0.350 e. The SMILES string of the molecule is COc1ccc2c(c1)[nH]c1c(=O)n(N=CCc3ccccc3)c(=O)[nH]c12. The molecule has 0 radical (unpaired) electrons. The fraction of sp³-hybridized carbons (Fsp3) is 0.105. The molecule has 7 heteroatoms. The Labute approximate surface area is 147 Å². The van der Waals surface area contributed by atoms with Gasteiger partial charge in [-0.05, 0) is 17.7 Å². The Bertz CT molecular complexity index is 1230. The summed E-state index contributed by atoms with van der Waals surface area (Å²) in [7, 11) is 1.57. The van der Waals surface area contributed by atoms with Crippen LogP contribution in [-0.2, 0) is 6.42 Å². The first-order valence-corrected chi connectivity index (χ1v) is 8.09. The molecule has 0 aliphatic heterocycles. The number of methoxy groups -OCH3 is 1. The number of rotatable bonds is 4. The fourth-order valence-electron chi connectivity index (χ4n) is 2.90. The van der Waals surface area contributed by atoms with Crippen LogP contribution in [0.2, 0.25) is 0 Å². The number of nitrogens with zero attached hydrogens (tertiary/aromatic N) is 2. The molecule has 0 spiro atoms. The van der Waals surface area contributed by atoms with E-state index in [0.29, 0.717) is 28.7 Å². The van der Waals surface area contributed by atoms with Crippen LogP contribution in [0, 0.1) is 0 Å². The molecule has 0 saturated carbocycles. The van der Waals surface area contributed by atoms with Crippen molar-refractivity contribution in [2.45, 2.75) is 6.42 Å². The fourth-order valence-corrected chi connectivity index (χ4v) is 2.90. The summed E-state index contributed by atoms with van der Waals surface area (Å²) < 4.78 is 6.02. The van der Waals surface area contributed by atoms with Crippen LogP contribution >= 0.6 is 0 Å². The van der Waals surface area contributed by atoms with Gasteiger partial charge in [0.1, 0.15) is 11.3 Å². The maximum Gasteiger partial charge on any atom is 0.350 e. The molecule has 4 aromatic rings. The highest BCUT2D eigenvalue weighted by Crippen LogP contribution is 2.24. The molecule has 2 heterocycles. The number of H-pyrrole nitrogens is 2. The first-order chi connectivity index (χ1) is 12.7. The molecule has 0 bridgehead atoms. The van der Waals surface area contributed by atoms with E-state index in [-0.39, 0.29) is 0 Å². The third-order valence-corrected chi connectivity index (χ3v) is 4.20. The van der Waals surface area contributed by atoms with E-state index in [4.69, 9.17) is 4.74 Å². The highest BCUT2D eigenvalue weighted by Gasteiger charge is 2.13. The monoisotopic (exact) mass is 348 g/mol. The normalized spacial score (nSPS) is 11.6. The maximum absolute atomic E-state index is 12.7. The second-order valence-electron chi connectivity index (χ2n) is 5.82. The molecule has 2 N–H and O–H groups in total. The third kappa shape index (κ3) is 2.69. The average Bonchev–Trinajstić information content (AvgIpc) is 3.03. The summed E-state index contributed by atoms with van der Waals surface area (Å²) in [6.45, 7) is 0. The van der Waals surface area contributed by atoms with E-state index in [1.54, 1.807) is 31.5 Å². The Morgan fingerprint density at radius 3 is 2.65 bits per heavy atom. The van der Waals surface area contributed by atoms with Crippen molar-refractivity contribution in [1.29, 1.82) is 0 Å². The molecule has 0 fully saturated rings. The number of hydrogen-bond donors (Lipinski definition) is 2. The van der Waals surface area contributed by atoms with Gasteiger partial charge in [-0.2, -0.15) is 5.10 Å². The Balaban J connectivity index is 1.79. The zero-order valence-corrected chi connectivity index (χ0v) is 14.0. The summed E-state index contributed by atoms with van der Waals surface area (Å²) in [5.74, 6) is 0.660. The van der Waals surface area contributed by atoms with Gasteiger partial charge in [-0.1, -0.05) is 30.3 Å². The van der Waals surface area contributed by atoms with E-state index in [1.807, 2.05) is 30.3 Å². The van der Waals surface area contributed by atoms with Gasteiger partial charge in [-0.25, -0.2) is 4.79 Å². The number of ether oxygens (including phenoxy) is 1. The van der Waals surface area contributed by atoms with Gasteiger partial charge in [0.2, 0.25) is 0 Å². The van der Waals surface area contributed by atoms with Gasteiger partial charge in [-0.15, -0.1) is 4.68 Å². The summed E-state index contributed by atoms with van der Waals surface area (Å²) in [5, 5.41) is 4.79. The number of aromatic amines is 2. The van der Waals surface area contributed by atoms with Crippen LogP contribution in [0.1, 0.15) is 5.56 Å². The molecule has 0 aliphatic rings. The molecule has 4 rings (SSSR count). The van der Waals surface area contributed by atoms with Crippen molar-refractivity contribution in [3.8, 4) is 5.75 Å². The standard InChI is InChI=1S/C19H16N4O3/c1-26-13-7-8-14-15(11-13)21-17-16(14)22-19(25)23(18(17)24)20-10-9-12-5-3-2-4-6-12/h2-8,10-11,21H,9H2,1H3,(H,22,25). The number of hydrogen-bond acceptors (Lipinski definition) is 4. The Hall–Kier alpha value is -3.61. The van der Waals surface area contributed by atoms with Crippen molar-refractivity contribution in [2.24, 2.45) is 5.10 Å². The highest BCUT2D eigenvalue weighted by molar-refractivity contribution is 6.04. The van der Waals surface area contributed by atoms with Crippen LogP contribution in [0.25, 0.3) is 21.9 Å². The van der Waals surface area contributed by atoms with Crippen molar-refractivity contribution in [3.05, 3.63) is 74.9 Å². The number of nitrogens with one attached hydrogen (secondary N) is 2. The molecule has 0 amide bonds. The number of aromatic nitrogens is 3. The maximum atomic E-state index is 12.7. The summed E-state index contributed by atoms with van der Waals surface area (Å²) in [6, 6.07) is 15.0. The van der Waals surface area contributed by atoms with Gasteiger partial charge in [-0.3, -0.25) is 4.79 Å². The van der Waals surface area contributed by atoms with Crippen LogP contribution < -0.4 is 16.0 Å². The van der Waals surface area contributed by atoms with Crippen molar-refractivity contribution < 1.29 is 4.74 Å². The summed E-state index contributed by atoms with van der Waals surface area (Å²) >= 11 is 0. The van der Waals surface area contributed by atoms with E-state index in [2.05, 4.69) is 15.1 Å². The van der Waals surface area contributed by atoms with Crippen molar-refractivity contribution in [2.75, 3.05) is 7.11 Å². The van der Waals surface area contributed by atoms with E-state index < -0.39 is 11.2 Å². The molecule has 0 saturated heterocycles. The van der Waals surface area contributed by atoms with Gasteiger partial charge >= 0.3 is 11.2 Å². The third-order valence-electron chi connectivity index (χ3n) is 4.20. The molecule has 0 unspecified atom stereocenters. The van der Waals surface area contributed by atoms with E-state index in [1.165, 1.54) is 0 Å². The van der Waals surface area contributed by atoms with Crippen molar-refractivity contribution in [3.63, 3.8) is 0 Å². The molecule has 2 aromatic heterocycles. The van der Waals surface area contributed by atoms with E-state index in [0.717, 1.165) is 15.6 Å². The van der Waals surface area contributed by atoms with Gasteiger partial charge in [0.15, 0.2) is 0 Å². The Kier molecular flexibility index (Phi) is 3.89. The molecular formula is C19H16N4O3. The van der Waals surface area contributed by atoms with Crippen LogP contribution in [-0.4, -0.2) is 28.0 Å². The quantitative estimate of drug-likeness (QED) is 0.554. The minimum absolute atomic E-state index is 0.296. The second kappa shape index (κ2) is 6.36. The average molecular weight is 348 g/mol. The summed E-state index contributed by atoms with van der Waals surface area (Å²) in [4.78, 5) is 30.8. The minimum Gasteiger partial charge on any atom is -0.497 e. The summed E-state index contributed by atoms with van der Waals surface area (Å²) in [5.41, 5.74) is 1.43. The second-order valence-corrected chi connectivity index (χ2v) is 5.82. The van der Waals surface area contributed by atoms with Gasteiger partial charge < -0.3 is 14.7 Å². The lowest BCUT2D eigenvalue weighted by Crippen LogP contribution is -2.32. The minimum atomic E-state index is -0.580. The molecule has 130 valence electrons. The lowest BCUT2D eigenvalue weighted by Gasteiger charge is -1.99.